The summed E-state index contributed by atoms with van der Waals surface area (Å²) in [6.45, 7) is 15.7. The van der Waals surface area contributed by atoms with E-state index in [9.17, 15) is 4.39 Å². The zero-order valence-electron chi connectivity index (χ0n) is 15.2. The van der Waals surface area contributed by atoms with Gasteiger partial charge in [0.05, 0.1) is 11.2 Å². The molecule has 1 aliphatic heterocycles. The van der Waals surface area contributed by atoms with Crippen LogP contribution >= 0.6 is 0 Å². The summed E-state index contributed by atoms with van der Waals surface area (Å²) in [5.41, 5.74) is 2.62. The molecule has 1 aromatic carbocycles. The van der Waals surface area contributed by atoms with Crippen LogP contribution in [-0.2, 0) is 9.31 Å². The summed E-state index contributed by atoms with van der Waals surface area (Å²) in [7, 11) is -0.604. The molecule has 0 unspecified atom stereocenters. The lowest BCUT2D eigenvalue weighted by Gasteiger charge is -2.32. The highest BCUT2D eigenvalue weighted by molar-refractivity contribution is 6.62. The molecule has 0 aliphatic carbocycles. The molecule has 3 nitrogen and oxygen atoms in total. The van der Waals surface area contributed by atoms with E-state index < -0.39 is 18.3 Å². The highest BCUT2D eigenvalue weighted by Gasteiger charge is 2.51. The second-order valence-corrected chi connectivity index (χ2v) is 7.58. The van der Waals surface area contributed by atoms with Crippen molar-refractivity contribution in [1.29, 1.82) is 0 Å². The number of aryl methyl sites for hydroxylation is 1. The Balaban J connectivity index is 2.17. The Labute approximate surface area is 143 Å². The first kappa shape index (κ1) is 17.1. The summed E-state index contributed by atoms with van der Waals surface area (Å²) in [6, 6.07) is 5.29. The van der Waals surface area contributed by atoms with Crippen LogP contribution in [0.3, 0.4) is 0 Å². The molecule has 0 amide bonds. The van der Waals surface area contributed by atoms with Gasteiger partial charge in [-0.3, -0.25) is 4.98 Å². The lowest BCUT2D eigenvalue weighted by atomic mass is 9.78. The first-order valence-electron chi connectivity index (χ1n) is 8.14. The molecule has 0 atom stereocenters. The zero-order valence-corrected chi connectivity index (χ0v) is 15.2. The average molecular weight is 327 g/mol. The molecule has 1 saturated heterocycles. The largest absolute Gasteiger partial charge is 0.494 e. The summed E-state index contributed by atoms with van der Waals surface area (Å²) < 4.78 is 26.8. The Morgan fingerprint density at radius 1 is 1.12 bits per heavy atom. The highest BCUT2D eigenvalue weighted by atomic mass is 19.1. The summed E-state index contributed by atoms with van der Waals surface area (Å²) in [4.78, 5) is 4.35. The van der Waals surface area contributed by atoms with E-state index in [2.05, 4.69) is 11.6 Å². The Morgan fingerprint density at radius 3 is 2.25 bits per heavy atom. The van der Waals surface area contributed by atoms with Gasteiger partial charge < -0.3 is 9.31 Å². The SMILES string of the molecule is C=C(C)c1cc(C)nc2c(F)cc(B3OC(C)(C)C(C)(C)O3)cc12. The van der Waals surface area contributed by atoms with Crippen molar-refractivity contribution in [3.8, 4) is 0 Å². The van der Waals surface area contributed by atoms with Gasteiger partial charge in [0.15, 0.2) is 0 Å². The number of pyridine rings is 1. The molecule has 0 spiro atoms. The number of allylic oxidation sites excluding steroid dienone is 1. The van der Waals surface area contributed by atoms with E-state index >= 15 is 0 Å². The van der Waals surface area contributed by atoms with Crippen molar-refractivity contribution in [1.82, 2.24) is 4.98 Å². The minimum atomic E-state index is -0.604. The topological polar surface area (TPSA) is 31.4 Å². The summed E-state index contributed by atoms with van der Waals surface area (Å²) in [5, 5.41) is 0.734. The lowest BCUT2D eigenvalue weighted by molar-refractivity contribution is 0.00578. The van der Waals surface area contributed by atoms with Crippen molar-refractivity contribution in [2.45, 2.75) is 52.7 Å². The van der Waals surface area contributed by atoms with Gasteiger partial charge in [-0.25, -0.2) is 4.39 Å². The molecule has 0 saturated carbocycles. The fourth-order valence-corrected chi connectivity index (χ4v) is 2.90. The molecule has 1 aliphatic rings. The van der Waals surface area contributed by atoms with Gasteiger partial charge in [-0.15, -0.1) is 0 Å². The van der Waals surface area contributed by atoms with Crippen LogP contribution < -0.4 is 5.46 Å². The molecule has 3 rings (SSSR count). The van der Waals surface area contributed by atoms with Crippen LogP contribution in [0.2, 0.25) is 0 Å². The normalized spacial score (nSPS) is 19.0. The van der Waals surface area contributed by atoms with Crippen LogP contribution in [0.1, 0.15) is 45.9 Å². The van der Waals surface area contributed by atoms with Crippen molar-refractivity contribution in [2.24, 2.45) is 0 Å². The van der Waals surface area contributed by atoms with E-state index in [1.807, 2.05) is 53.7 Å². The van der Waals surface area contributed by atoms with Crippen LogP contribution in [0.4, 0.5) is 4.39 Å². The fourth-order valence-electron chi connectivity index (χ4n) is 2.90. The molecule has 2 heterocycles. The van der Waals surface area contributed by atoms with E-state index in [0.717, 1.165) is 22.2 Å². The molecular formula is C19H23BFNO2. The Morgan fingerprint density at radius 2 is 1.71 bits per heavy atom. The molecule has 1 fully saturated rings. The number of rotatable bonds is 2. The Kier molecular flexibility index (Phi) is 3.85. The standard InChI is InChI=1S/C19H23BFNO2/c1-11(2)14-8-12(3)22-17-15(14)9-13(10-16(17)21)20-23-18(4,5)19(6,7)24-20/h8-10H,1H2,2-7H3. The predicted molar refractivity (Wildman–Crippen MR) is 96.9 cm³/mol. The van der Waals surface area contributed by atoms with Crippen LogP contribution in [0.5, 0.6) is 0 Å². The summed E-state index contributed by atoms with van der Waals surface area (Å²) >= 11 is 0. The van der Waals surface area contributed by atoms with Gasteiger partial charge in [0.1, 0.15) is 11.3 Å². The Hall–Kier alpha value is -1.72. The predicted octanol–water partition coefficient (Wildman–Crippen LogP) is 4.01. The van der Waals surface area contributed by atoms with Crippen LogP contribution in [0.15, 0.2) is 24.8 Å². The number of hydrogen-bond donors (Lipinski definition) is 0. The molecule has 0 N–H and O–H groups in total. The zero-order chi connectivity index (χ0) is 17.9. The second-order valence-electron chi connectivity index (χ2n) is 7.58. The van der Waals surface area contributed by atoms with Crippen molar-refractivity contribution >= 4 is 29.1 Å². The monoisotopic (exact) mass is 327 g/mol. The molecule has 0 radical (unpaired) electrons. The molecule has 1 aromatic heterocycles. The maximum atomic E-state index is 14.7. The van der Waals surface area contributed by atoms with E-state index in [4.69, 9.17) is 9.31 Å². The van der Waals surface area contributed by atoms with Gasteiger partial charge in [-0.2, -0.15) is 0 Å². The van der Waals surface area contributed by atoms with Gasteiger partial charge in [0, 0.05) is 11.1 Å². The smallest absolute Gasteiger partial charge is 0.399 e. The molecule has 5 heteroatoms. The van der Waals surface area contributed by atoms with Gasteiger partial charge in [0.25, 0.3) is 0 Å². The first-order valence-corrected chi connectivity index (χ1v) is 8.14. The summed E-state index contributed by atoms with van der Waals surface area (Å²) in [6.07, 6.45) is 0. The van der Waals surface area contributed by atoms with E-state index in [0.29, 0.717) is 11.0 Å². The van der Waals surface area contributed by atoms with Crippen molar-refractivity contribution < 1.29 is 13.7 Å². The number of hydrogen-bond acceptors (Lipinski definition) is 3. The quantitative estimate of drug-likeness (QED) is 0.781. The highest BCUT2D eigenvalue weighted by Crippen LogP contribution is 2.37. The summed E-state index contributed by atoms with van der Waals surface area (Å²) in [5.74, 6) is -0.372. The fraction of sp³-hybridized carbons (Fsp3) is 0.421. The van der Waals surface area contributed by atoms with Crippen LogP contribution in [0, 0.1) is 12.7 Å². The second kappa shape index (κ2) is 5.40. The molecule has 24 heavy (non-hydrogen) atoms. The maximum Gasteiger partial charge on any atom is 0.494 e. The maximum absolute atomic E-state index is 14.7. The van der Waals surface area contributed by atoms with Gasteiger partial charge in [-0.1, -0.05) is 18.2 Å². The van der Waals surface area contributed by atoms with Crippen molar-refractivity contribution in [3.63, 3.8) is 0 Å². The van der Waals surface area contributed by atoms with Gasteiger partial charge in [-0.05, 0) is 64.7 Å². The number of benzene rings is 1. The molecule has 126 valence electrons. The number of fused-ring (bicyclic) bond motifs is 1. The number of nitrogens with zero attached hydrogens (tertiary/aromatic N) is 1. The lowest BCUT2D eigenvalue weighted by Crippen LogP contribution is -2.41. The van der Waals surface area contributed by atoms with Crippen molar-refractivity contribution in [3.05, 3.63) is 41.9 Å². The van der Waals surface area contributed by atoms with Gasteiger partial charge in [0.2, 0.25) is 0 Å². The molecule has 0 bridgehead atoms. The first-order chi connectivity index (χ1) is 11.0. The van der Waals surface area contributed by atoms with E-state index in [1.165, 1.54) is 6.07 Å². The third kappa shape index (κ3) is 2.66. The molecular weight excluding hydrogens is 304 g/mol. The van der Waals surface area contributed by atoms with E-state index in [-0.39, 0.29) is 5.82 Å². The van der Waals surface area contributed by atoms with Crippen LogP contribution in [-0.4, -0.2) is 23.3 Å². The third-order valence-electron chi connectivity index (χ3n) is 5.00. The Bertz CT molecular complexity index is 829. The number of halogens is 1. The molecule has 2 aromatic rings. The average Bonchev–Trinajstić information content (AvgIpc) is 2.67. The van der Waals surface area contributed by atoms with Crippen molar-refractivity contribution in [2.75, 3.05) is 0 Å². The van der Waals surface area contributed by atoms with Crippen LogP contribution in [0.25, 0.3) is 16.5 Å². The van der Waals surface area contributed by atoms with E-state index in [1.54, 1.807) is 0 Å². The minimum Gasteiger partial charge on any atom is -0.399 e. The number of aromatic nitrogens is 1. The third-order valence-corrected chi connectivity index (χ3v) is 5.00. The van der Waals surface area contributed by atoms with Gasteiger partial charge >= 0.3 is 7.12 Å². The minimum absolute atomic E-state index is 0.355.